The number of nitrogens with zero attached hydrogens (tertiary/aromatic N) is 2. The number of carbonyl (C=O) groups excluding carboxylic acids is 2. The lowest BCUT2D eigenvalue weighted by atomic mass is 9.86. The van der Waals surface area contributed by atoms with Crippen molar-refractivity contribution in [3.63, 3.8) is 0 Å². The van der Waals surface area contributed by atoms with Crippen molar-refractivity contribution in [2.24, 2.45) is 0 Å². The van der Waals surface area contributed by atoms with Gasteiger partial charge in [-0.3, -0.25) is 4.79 Å². The average Bonchev–Trinajstić information content (AvgIpc) is 3.13. The zero-order chi connectivity index (χ0) is 22.8. The summed E-state index contributed by atoms with van der Waals surface area (Å²) in [6.45, 7) is 3.71. The summed E-state index contributed by atoms with van der Waals surface area (Å²) in [5, 5.41) is 11.7. The van der Waals surface area contributed by atoms with Crippen LogP contribution in [-0.2, 0) is 34.7 Å². The smallest absolute Gasteiger partial charge is 0.409 e. The van der Waals surface area contributed by atoms with Crippen LogP contribution in [0.5, 0.6) is 5.75 Å². The van der Waals surface area contributed by atoms with Crippen LogP contribution in [-0.4, -0.2) is 26.1 Å². The number of benzene rings is 1. The van der Waals surface area contributed by atoms with Crippen LogP contribution in [0.3, 0.4) is 0 Å². The monoisotopic (exact) mass is 454 g/mol. The highest BCUT2D eigenvalue weighted by molar-refractivity contribution is 6.61. The number of rotatable bonds is 3. The molecule has 0 saturated heterocycles. The van der Waals surface area contributed by atoms with Crippen LogP contribution in [0, 0.1) is 0 Å². The van der Waals surface area contributed by atoms with Gasteiger partial charge in [0.2, 0.25) is 0 Å². The Morgan fingerprint density at radius 2 is 2.09 bits per heavy atom. The first-order chi connectivity index (χ1) is 15.3. The van der Waals surface area contributed by atoms with E-state index in [0.717, 1.165) is 11.1 Å². The standard InChI is InChI=1S/C23H19ClN2O6/c1-3-11-12-9-26-16(8-14-13(20(26)27)10-31-21(28)23(14,30)4-2)19(12)25-15-6-5-7-17(18(11)15)32-22(24)29/h5-8,30H,3-4,9-10H2,1-2H3. The second-order valence-corrected chi connectivity index (χ2v) is 8.17. The molecule has 5 rings (SSSR count). The average molecular weight is 455 g/mol. The zero-order valence-electron chi connectivity index (χ0n) is 17.4. The maximum absolute atomic E-state index is 13.3. The molecular formula is C23H19ClN2O6. The Morgan fingerprint density at radius 3 is 2.78 bits per heavy atom. The summed E-state index contributed by atoms with van der Waals surface area (Å²) < 4.78 is 11.9. The Balaban J connectivity index is 1.81. The fraction of sp³-hybridized carbons (Fsp3) is 0.304. The Hall–Kier alpha value is -3.23. The van der Waals surface area contributed by atoms with Crippen molar-refractivity contribution in [1.29, 1.82) is 0 Å². The molecular weight excluding hydrogens is 436 g/mol. The first-order valence-corrected chi connectivity index (χ1v) is 10.7. The Morgan fingerprint density at radius 1 is 1.31 bits per heavy atom. The highest BCUT2D eigenvalue weighted by Crippen LogP contribution is 2.41. The first-order valence-electron chi connectivity index (χ1n) is 10.3. The topological polar surface area (TPSA) is 108 Å². The Kier molecular flexibility index (Phi) is 4.61. The molecule has 2 aliphatic heterocycles. The summed E-state index contributed by atoms with van der Waals surface area (Å²) in [5.41, 5.74) is 0.807. The van der Waals surface area contributed by atoms with Gasteiger partial charge in [-0.05, 0) is 36.6 Å². The third kappa shape index (κ3) is 2.73. The van der Waals surface area contributed by atoms with Gasteiger partial charge in [0.1, 0.15) is 12.4 Å². The van der Waals surface area contributed by atoms with Crippen molar-refractivity contribution >= 4 is 33.9 Å². The Bertz CT molecular complexity index is 1400. The van der Waals surface area contributed by atoms with E-state index in [2.05, 4.69) is 0 Å². The minimum Gasteiger partial charge on any atom is -0.458 e. The first kappa shape index (κ1) is 20.7. The molecule has 1 N–H and O–H groups in total. The lowest BCUT2D eigenvalue weighted by Gasteiger charge is -2.31. The molecule has 1 unspecified atom stereocenters. The van der Waals surface area contributed by atoms with Gasteiger partial charge >= 0.3 is 11.4 Å². The quantitative estimate of drug-likeness (QED) is 0.373. The van der Waals surface area contributed by atoms with E-state index in [1.54, 1.807) is 35.8 Å². The molecule has 164 valence electrons. The van der Waals surface area contributed by atoms with Crippen molar-refractivity contribution in [3.8, 4) is 17.1 Å². The lowest BCUT2D eigenvalue weighted by Crippen LogP contribution is -2.44. The van der Waals surface area contributed by atoms with E-state index in [0.29, 0.717) is 34.5 Å². The number of halogens is 1. The van der Waals surface area contributed by atoms with E-state index >= 15 is 0 Å². The Labute approximate surface area is 187 Å². The number of fused-ring (bicyclic) bond motifs is 5. The number of pyridine rings is 2. The molecule has 0 radical (unpaired) electrons. The molecule has 0 saturated carbocycles. The van der Waals surface area contributed by atoms with Gasteiger partial charge in [0, 0.05) is 28.1 Å². The fourth-order valence-electron chi connectivity index (χ4n) is 4.75. The van der Waals surface area contributed by atoms with Gasteiger partial charge in [0.05, 0.1) is 29.0 Å². The number of cyclic esters (lactones) is 1. The molecule has 0 spiro atoms. The van der Waals surface area contributed by atoms with E-state index in [1.165, 1.54) is 0 Å². The number of esters is 1. The number of aromatic nitrogens is 2. The normalized spacial score (nSPS) is 18.7. The van der Waals surface area contributed by atoms with Crippen LogP contribution in [0.15, 0.2) is 29.1 Å². The molecule has 0 amide bonds. The van der Waals surface area contributed by atoms with Gasteiger partial charge in [-0.1, -0.05) is 19.9 Å². The van der Waals surface area contributed by atoms with Gasteiger partial charge in [-0.15, -0.1) is 0 Å². The summed E-state index contributed by atoms with van der Waals surface area (Å²) in [4.78, 5) is 41.8. The number of carbonyl (C=O) groups is 2. The van der Waals surface area contributed by atoms with Crippen LogP contribution < -0.4 is 10.3 Å². The maximum atomic E-state index is 13.3. The van der Waals surface area contributed by atoms with E-state index in [-0.39, 0.29) is 36.3 Å². The highest BCUT2D eigenvalue weighted by Gasteiger charge is 2.45. The summed E-state index contributed by atoms with van der Waals surface area (Å²) in [5.74, 6) is -0.458. The molecule has 3 aromatic rings. The minimum atomic E-state index is -1.88. The van der Waals surface area contributed by atoms with Crippen molar-refractivity contribution < 1.29 is 24.2 Å². The molecule has 2 aromatic heterocycles. The van der Waals surface area contributed by atoms with E-state index in [4.69, 9.17) is 26.1 Å². The number of aliphatic hydroxyl groups is 1. The van der Waals surface area contributed by atoms with Crippen molar-refractivity contribution in [1.82, 2.24) is 9.55 Å². The highest BCUT2D eigenvalue weighted by atomic mass is 35.5. The van der Waals surface area contributed by atoms with Crippen LogP contribution in [0.1, 0.15) is 42.5 Å². The second kappa shape index (κ2) is 7.15. The summed E-state index contributed by atoms with van der Waals surface area (Å²) in [6.07, 6.45) is 0.675. The molecule has 0 bridgehead atoms. The molecule has 0 fully saturated rings. The van der Waals surface area contributed by atoms with E-state index < -0.39 is 17.0 Å². The van der Waals surface area contributed by atoms with Crippen LogP contribution in [0.4, 0.5) is 4.79 Å². The number of aryl methyl sites for hydroxylation is 1. The number of ether oxygens (including phenoxy) is 2. The molecule has 32 heavy (non-hydrogen) atoms. The van der Waals surface area contributed by atoms with Crippen LogP contribution in [0.2, 0.25) is 0 Å². The number of hydrogen-bond acceptors (Lipinski definition) is 7. The summed E-state index contributed by atoms with van der Waals surface area (Å²) in [6, 6.07) is 6.82. The van der Waals surface area contributed by atoms with Crippen molar-refractivity contribution in [3.05, 3.63) is 56.9 Å². The molecule has 0 aliphatic carbocycles. The third-order valence-corrected chi connectivity index (χ3v) is 6.41. The van der Waals surface area contributed by atoms with E-state index in [9.17, 15) is 19.5 Å². The van der Waals surface area contributed by atoms with Crippen LogP contribution >= 0.6 is 11.6 Å². The largest absolute Gasteiger partial charge is 0.458 e. The zero-order valence-corrected chi connectivity index (χ0v) is 18.2. The van der Waals surface area contributed by atoms with Crippen molar-refractivity contribution in [2.75, 3.05) is 0 Å². The molecule has 4 heterocycles. The maximum Gasteiger partial charge on any atom is 0.409 e. The van der Waals surface area contributed by atoms with E-state index in [1.807, 2.05) is 6.92 Å². The third-order valence-electron chi connectivity index (χ3n) is 6.33. The second-order valence-electron chi connectivity index (χ2n) is 7.86. The number of hydrogen-bond donors (Lipinski definition) is 1. The van der Waals surface area contributed by atoms with Gasteiger partial charge in [-0.25, -0.2) is 14.6 Å². The summed E-state index contributed by atoms with van der Waals surface area (Å²) in [7, 11) is 0. The fourth-order valence-corrected chi connectivity index (χ4v) is 4.84. The van der Waals surface area contributed by atoms with Crippen LogP contribution in [0.25, 0.3) is 22.3 Å². The molecule has 1 atom stereocenters. The lowest BCUT2D eigenvalue weighted by molar-refractivity contribution is -0.172. The van der Waals surface area contributed by atoms with Gasteiger partial charge in [-0.2, -0.15) is 0 Å². The summed E-state index contributed by atoms with van der Waals surface area (Å²) >= 11 is 5.45. The molecule has 8 nitrogen and oxygen atoms in total. The predicted molar refractivity (Wildman–Crippen MR) is 116 cm³/mol. The molecule has 1 aromatic carbocycles. The SMILES string of the molecule is CCc1c2c(nc3cccc(OC(=O)Cl)c13)-c1cc3c(c(=O)n1C2)COC(=O)C3(O)CC. The van der Waals surface area contributed by atoms with Crippen molar-refractivity contribution in [2.45, 2.75) is 45.4 Å². The van der Waals surface area contributed by atoms with Gasteiger partial charge in [0.25, 0.3) is 5.56 Å². The predicted octanol–water partition coefficient (Wildman–Crippen LogP) is 3.38. The molecule has 9 heteroatoms. The molecule has 2 aliphatic rings. The van der Waals surface area contributed by atoms with Gasteiger partial charge < -0.3 is 19.1 Å². The van der Waals surface area contributed by atoms with Gasteiger partial charge in [0.15, 0.2) is 5.60 Å². The minimum absolute atomic E-state index is 0.0765.